The Kier molecular flexibility index (Phi) is 5.74. The molecule has 2 rings (SSSR count). The summed E-state index contributed by atoms with van der Waals surface area (Å²) in [6.45, 7) is 3.08. The van der Waals surface area contributed by atoms with Gasteiger partial charge in [-0.2, -0.15) is 0 Å². The molecule has 0 radical (unpaired) electrons. The number of hydrogen-bond donors (Lipinski definition) is 1. The fourth-order valence-corrected chi connectivity index (χ4v) is 1.76. The van der Waals surface area contributed by atoms with Gasteiger partial charge >= 0.3 is 5.97 Å². The molecule has 1 heterocycles. The Morgan fingerprint density at radius 1 is 1.22 bits per heavy atom. The van der Waals surface area contributed by atoms with E-state index in [-0.39, 0.29) is 12.4 Å². The molecule has 122 valence electrons. The summed E-state index contributed by atoms with van der Waals surface area (Å²) in [6, 6.07) is 8.97. The van der Waals surface area contributed by atoms with E-state index in [9.17, 15) is 9.59 Å². The number of carbonyl (C=O) groups is 2. The Morgan fingerprint density at radius 2 is 1.96 bits per heavy atom. The van der Waals surface area contributed by atoms with E-state index in [4.69, 9.17) is 14.0 Å². The van der Waals surface area contributed by atoms with Crippen LogP contribution >= 0.6 is 0 Å². The molecule has 1 aromatic heterocycles. The van der Waals surface area contributed by atoms with E-state index in [2.05, 4.69) is 17.4 Å². The van der Waals surface area contributed by atoms with E-state index in [1.54, 1.807) is 25.1 Å². The van der Waals surface area contributed by atoms with Crippen LogP contribution in [-0.4, -0.2) is 30.2 Å². The third-order valence-corrected chi connectivity index (χ3v) is 2.95. The number of aromatic nitrogens is 1. The topological polar surface area (TPSA) is 90.7 Å². The first kappa shape index (κ1) is 16.5. The third kappa shape index (κ3) is 5.46. The Balaban J connectivity index is 1.68. The summed E-state index contributed by atoms with van der Waals surface area (Å²) in [6.07, 6.45) is 0.933. The van der Waals surface area contributed by atoms with Gasteiger partial charge in [-0.15, -0.1) is 0 Å². The highest BCUT2D eigenvalue weighted by atomic mass is 16.6. The van der Waals surface area contributed by atoms with E-state index >= 15 is 0 Å². The first-order valence-corrected chi connectivity index (χ1v) is 7.17. The summed E-state index contributed by atoms with van der Waals surface area (Å²) in [5.41, 5.74) is 1.18. The van der Waals surface area contributed by atoms with E-state index in [0.29, 0.717) is 11.5 Å². The van der Waals surface area contributed by atoms with Crippen LogP contribution in [0.3, 0.4) is 0 Å². The third-order valence-electron chi connectivity index (χ3n) is 2.95. The molecular weight excluding hydrogens is 300 g/mol. The van der Waals surface area contributed by atoms with Gasteiger partial charge < -0.3 is 19.3 Å². The van der Waals surface area contributed by atoms with Crippen molar-refractivity contribution >= 4 is 17.7 Å². The fraction of sp³-hybridized carbons (Fsp3) is 0.312. The minimum Gasteiger partial charge on any atom is -0.482 e. The number of carbonyl (C=O) groups excluding carboxylic acids is 2. The minimum atomic E-state index is -0.629. The molecule has 0 aliphatic rings. The summed E-state index contributed by atoms with van der Waals surface area (Å²) in [4.78, 5) is 23.1. The molecule has 23 heavy (non-hydrogen) atoms. The lowest BCUT2D eigenvalue weighted by atomic mass is 10.2. The summed E-state index contributed by atoms with van der Waals surface area (Å²) >= 11 is 0. The molecule has 2 aromatic rings. The number of hydrogen-bond acceptors (Lipinski definition) is 6. The average molecular weight is 318 g/mol. The van der Waals surface area contributed by atoms with Gasteiger partial charge in [-0.05, 0) is 31.0 Å². The highest BCUT2D eigenvalue weighted by Gasteiger charge is 2.10. The molecule has 0 aliphatic carbocycles. The predicted molar refractivity (Wildman–Crippen MR) is 82.1 cm³/mol. The van der Waals surface area contributed by atoms with Gasteiger partial charge in [0.05, 0.1) is 0 Å². The maximum atomic E-state index is 11.6. The van der Waals surface area contributed by atoms with Crippen LogP contribution in [-0.2, 0) is 20.7 Å². The first-order valence-electron chi connectivity index (χ1n) is 7.17. The SMILES string of the molecule is CCc1ccc(OCC(=O)OCC(=O)Nc2cc(C)on2)cc1. The van der Waals surface area contributed by atoms with Gasteiger partial charge in [0.1, 0.15) is 11.5 Å². The van der Waals surface area contributed by atoms with E-state index in [1.807, 2.05) is 12.1 Å². The standard InChI is InChI=1S/C16H18N2O5/c1-3-12-4-6-13(7-5-12)21-10-16(20)22-9-15(19)17-14-8-11(2)23-18-14/h4-8H,3,9-10H2,1-2H3,(H,17,18,19). The monoisotopic (exact) mass is 318 g/mol. The number of ether oxygens (including phenoxy) is 2. The van der Waals surface area contributed by atoms with E-state index in [1.165, 1.54) is 5.56 Å². The lowest BCUT2D eigenvalue weighted by molar-refractivity contribution is -0.149. The molecule has 0 atom stereocenters. The lowest BCUT2D eigenvalue weighted by Crippen LogP contribution is -2.23. The Bertz CT molecular complexity index is 663. The molecule has 7 nitrogen and oxygen atoms in total. The van der Waals surface area contributed by atoms with Crippen LogP contribution in [0.25, 0.3) is 0 Å². The van der Waals surface area contributed by atoms with Crippen LogP contribution in [0.5, 0.6) is 5.75 Å². The van der Waals surface area contributed by atoms with Crippen molar-refractivity contribution in [2.45, 2.75) is 20.3 Å². The number of esters is 1. The zero-order chi connectivity index (χ0) is 16.7. The van der Waals surface area contributed by atoms with Crippen LogP contribution < -0.4 is 10.1 Å². The highest BCUT2D eigenvalue weighted by molar-refractivity contribution is 5.91. The second-order valence-electron chi connectivity index (χ2n) is 4.82. The number of nitrogens with zero attached hydrogens (tertiary/aromatic N) is 1. The minimum absolute atomic E-state index is 0.262. The van der Waals surface area contributed by atoms with Crippen molar-refractivity contribution < 1.29 is 23.6 Å². The summed E-state index contributed by atoms with van der Waals surface area (Å²) in [5, 5.41) is 6.04. The molecule has 0 unspecified atom stereocenters. The van der Waals surface area contributed by atoms with Crippen molar-refractivity contribution in [1.82, 2.24) is 5.16 Å². The molecule has 0 fully saturated rings. The van der Waals surface area contributed by atoms with Crippen LogP contribution in [0.2, 0.25) is 0 Å². The van der Waals surface area contributed by atoms with Crippen molar-refractivity contribution in [3.05, 3.63) is 41.7 Å². The molecule has 1 N–H and O–H groups in total. The lowest BCUT2D eigenvalue weighted by Gasteiger charge is -2.07. The van der Waals surface area contributed by atoms with Crippen LogP contribution in [0.15, 0.2) is 34.9 Å². The van der Waals surface area contributed by atoms with Crippen molar-refractivity contribution in [3.8, 4) is 5.75 Å². The largest absolute Gasteiger partial charge is 0.482 e. The van der Waals surface area contributed by atoms with Gasteiger partial charge in [-0.25, -0.2) is 4.79 Å². The van der Waals surface area contributed by atoms with Crippen molar-refractivity contribution in [2.24, 2.45) is 0 Å². The van der Waals surface area contributed by atoms with Gasteiger partial charge in [0, 0.05) is 6.07 Å². The second-order valence-corrected chi connectivity index (χ2v) is 4.82. The summed E-state index contributed by atoms with van der Waals surface area (Å²) in [5.74, 6) is 0.285. The first-order chi connectivity index (χ1) is 11.1. The van der Waals surface area contributed by atoms with Crippen molar-refractivity contribution in [1.29, 1.82) is 0 Å². The number of aryl methyl sites for hydroxylation is 2. The molecule has 0 spiro atoms. The normalized spacial score (nSPS) is 10.2. The average Bonchev–Trinajstić information content (AvgIpc) is 2.96. The molecule has 7 heteroatoms. The van der Waals surface area contributed by atoms with Crippen molar-refractivity contribution in [3.63, 3.8) is 0 Å². The van der Waals surface area contributed by atoms with Gasteiger partial charge in [0.25, 0.3) is 5.91 Å². The van der Waals surface area contributed by atoms with Gasteiger partial charge in [-0.3, -0.25) is 4.79 Å². The van der Waals surface area contributed by atoms with Crippen molar-refractivity contribution in [2.75, 3.05) is 18.5 Å². The quantitative estimate of drug-likeness (QED) is 0.786. The molecular formula is C16H18N2O5. The van der Waals surface area contributed by atoms with Crippen LogP contribution in [0, 0.1) is 6.92 Å². The van der Waals surface area contributed by atoms with Gasteiger partial charge in [-0.1, -0.05) is 24.2 Å². The molecule has 0 aliphatic heterocycles. The Morgan fingerprint density at radius 3 is 2.57 bits per heavy atom. The highest BCUT2D eigenvalue weighted by Crippen LogP contribution is 2.12. The number of benzene rings is 1. The van der Waals surface area contributed by atoms with Gasteiger partial charge in [0.15, 0.2) is 19.0 Å². The predicted octanol–water partition coefficient (Wildman–Crippen LogP) is 2.11. The van der Waals surface area contributed by atoms with Gasteiger partial charge in [0.2, 0.25) is 0 Å². The number of amides is 1. The smallest absolute Gasteiger partial charge is 0.344 e. The fourth-order valence-electron chi connectivity index (χ4n) is 1.76. The summed E-state index contributed by atoms with van der Waals surface area (Å²) in [7, 11) is 0. The Hall–Kier alpha value is -2.83. The Labute approximate surface area is 133 Å². The number of rotatable bonds is 7. The maximum Gasteiger partial charge on any atom is 0.344 e. The molecule has 1 amide bonds. The summed E-state index contributed by atoms with van der Waals surface area (Å²) < 4.78 is 14.9. The zero-order valence-electron chi connectivity index (χ0n) is 13.0. The van der Waals surface area contributed by atoms with E-state index in [0.717, 1.165) is 6.42 Å². The van der Waals surface area contributed by atoms with Crippen LogP contribution in [0.4, 0.5) is 5.82 Å². The molecule has 0 bridgehead atoms. The van der Waals surface area contributed by atoms with E-state index < -0.39 is 18.5 Å². The molecule has 0 saturated carbocycles. The molecule has 0 saturated heterocycles. The maximum absolute atomic E-state index is 11.6. The molecule has 1 aromatic carbocycles. The second kappa shape index (κ2) is 7.98. The number of anilines is 1. The van der Waals surface area contributed by atoms with Crippen LogP contribution in [0.1, 0.15) is 18.2 Å². The zero-order valence-corrected chi connectivity index (χ0v) is 13.0. The number of nitrogens with one attached hydrogen (secondary N) is 1.